The second-order valence-corrected chi connectivity index (χ2v) is 4.59. The molecule has 2 heterocycles. The van der Waals surface area contributed by atoms with E-state index in [2.05, 4.69) is 9.88 Å². The van der Waals surface area contributed by atoms with Crippen LogP contribution in [0.1, 0.15) is 31.1 Å². The van der Waals surface area contributed by atoms with Crippen molar-refractivity contribution in [3.63, 3.8) is 0 Å². The maximum atomic E-state index is 11.6. The number of Topliss-reactive ketones (excluding diaryl/α,β-unsaturated/α-hetero) is 1. The molecule has 0 bridgehead atoms. The van der Waals surface area contributed by atoms with E-state index in [4.69, 9.17) is 4.74 Å². The zero-order chi connectivity index (χ0) is 12.4. The minimum atomic E-state index is 0.0555. The van der Waals surface area contributed by atoms with Crippen LogP contribution in [0.2, 0.25) is 0 Å². The number of ketones is 1. The predicted octanol–water partition coefficient (Wildman–Crippen LogP) is 1.90. The lowest BCUT2D eigenvalue weighted by Crippen LogP contribution is -2.46. The molecular formula is C13H18N2O2. The number of ether oxygens (including phenoxy) is 1. The summed E-state index contributed by atoms with van der Waals surface area (Å²) < 4.78 is 5.68. The number of hydrogen-bond acceptors (Lipinski definition) is 4. The van der Waals surface area contributed by atoms with Crippen molar-refractivity contribution in [2.75, 3.05) is 18.0 Å². The van der Waals surface area contributed by atoms with E-state index in [-0.39, 0.29) is 18.0 Å². The van der Waals surface area contributed by atoms with Crippen molar-refractivity contribution in [2.45, 2.75) is 33.0 Å². The van der Waals surface area contributed by atoms with Crippen LogP contribution in [0.25, 0.3) is 0 Å². The number of hydrogen-bond donors (Lipinski definition) is 0. The molecule has 1 aliphatic rings. The summed E-state index contributed by atoms with van der Waals surface area (Å²) in [5.41, 5.74) is 0.689. The van der Waals surface area contributed by atoms with E-state index in [0.717, 1.165) is 18.9 Å². The molecule has 0 radical (unpaired) electrons. The normalized spacial score (nSPS) is 24.8. The molecule has 17 heavy (non-hydrogen) atoms. The smallest absolute Gasteiger partial charge is 0.163 e. The second kappa shape index (κ2) is 4.84. The number of anilines is 1. The molecule has 1 aromatic heterocycles. The lowest BCUT2D eigenvalue weighted by molar-refractivity contribution is -0.00551. The summed E-state index contributed by atoms with van der Waals surface area (Å²) in [5.74, 6) is 0.835. The number of aromatic nitrogens is 1. The van der Waals surface area contributed by atoms with Gasteiger partial charge in [-0.15, -0.1) is 0 Å². The fourth-order valence-corrected chi connectivity index (χ4v) is 2.27. The van der Waals surface area contributed by atoms with Gasteiger partial charge in [0.1, 0.15) is 5.82 Å². The van der Waals surface area contributed by atoms with E-state index in [1.54, 1.807) is 19.2 Å². The molecule has 92 valence electrons. The highest BCUT2D eigenvalue weighted by Crippen LogP contribution is 2.22. The minimum Gasteiger partial charge on any atom is -0.372 e. The second-order valence-electron chi connectivity index (χ2n) is 4.59. The first-order valence-corrected chi connectivity index (χ1v) is 5.94. The van der Waals surface area contributed by atoms with Crippen molar-refractivity contribution < 1.29 is 9.53 Å². The summed E-state index contributed by atoms with van der Waals surface area (Å²) in [6.07, 6.45) is 2.06. The van der Waals surface area contributed by atoms with E-state index >= 15 is 0 Å². The molecule has 1 aromatic rings. The number of carbonyl (C=O) groups is 1. The van der Waals surface area contributed by atoms with Crippen molar-refractivity contribution in [3.8, 4) is 0 Å². The topological polar surface area (TPSA) is 42.4 Å². The Balaban J connectivity index is 2.30. The highest BCUT2D eigenvalue weighted by atomic mass is 16.5. The first-order chi connectivity index (χ1) is 8.08. The summed E-state index contributed by atoms with van der Waals surface area (Å²) in [5, 5.41) is 0. The molecule has 0 aromatic carbocycles. The van der Waals surface area contributed by atoms with Gasteiger partial charge in [-0.05, 0) is 32.9 Å². The number of carbonyl (C=O) groups excluding carboxylic acids is 1. The van der Waals surface area contributed by atoms with Crippen LogP contribution in [0.4, 0.5) is 5.82 Å². The number of pyridine rings is 1. The van der Waals surface area contributed by atoms with Gasteiger partial charge in [0.05, 0.1) is 17.8 Å². The molecule has 2 rings (SSSR count). The molecule has 0 amide bonds. The Kier molecular flexibility index (Phi) is 3.43. The molecule has 0 aliphatic carbocycles. The summed E-state index contributed by atoms with van der Waals surface area (Å²) in [6, 6.07) is 3.63. The monoisotopic (exact) mass is 234 g/mol. The van der Waals surface area contributed by atoms with Gasteiger partial charge in [-0.1, -0.05) is 0 Å². The van der Waals surface area contributed by atoms with E-state index < -0.39 is 0 Å². The van der Waals surface area contributed by atoms with Crippen LogP contribution in [0.3, 0.4) is 0 Å². The number of rotatable bonds is 2. The standard InChI is InChI=1S/C13H18N2O2/c1-9-7-15(8-10(2)17-9)13-12(11(3)16)5-4-6-14-13/h4-6,9-10H,7-8H2,1-3H3/t9-,10+. The average molecular weight is 234 g/mol. The molecule has 4 nitrogen and oxygen atoms in total. The average Bonchev–Trinajstić information content (AvgIpc) is 2.27. The molecule has 0 saturated carbocycles. The van der Waals surface area contributed by atoms with Crippen molar-refractivity contribution >= 4 is 11.6 Å². The fourth-order valence-electron chi connectivity index (χ4n) is 2.27. The molecule has 2 atom stereocenters. The summed E-state index contributed by atoms with van der Waals surface area (Å²) in [6.45, 7) is 7.22. The third-order valence-corrected chi connectivity index (χ3v) is 2.89. The highest BCUT2D eigenvalue weighted by Gasteiger charge is 2.25. The van der Waals surface area contributed by atoms with Crippen LogP contribution in [-0.4, -0.2) is 36.1 Å². The summed E-state index contributed by atoms with van der Waals surface area (Å²) in [7, 11) is 0. The van der Waals surface area contributed by atoms with E-state index in [1.807, 2.05) is 19.9 Å². The predicted molar refractivity (Wildman–Crippen MR) is 66.5 cm³/mol. The van der Waals surface area contributed by atoms with E-state index in [1.165, 1.54) is 0 Å². The van der Waals surface area contributed by atoms with Gasteiger partial charge in [0, 0.05) is 19.3 Å². The fraction of sp³-hybridized carbons (Fsp3) is 0.538. The summed E-state index contributed by atoms with van der Waals surface area (Å²) >= 11 is 0. The van der Waals surface area contributed by atoms with Crippen molar-refractivity contribution in [1.82, 2.24) is 4.98 Å². The van der Waals surface area contributed by atoms with Crippen LogP contribution in [0.5, 0.6) is 0 Å². The summed E-state index contributed by atoms with van der Waals surface area (Å²) in [4.78, 5) is 18.1. The van der Waals surface area contributed by atoms with Crippen LogP contribution in [-0.2, 0) is 4.74 Å². The molecule has 0 spiro atoms. The molecule has 0 N–H and O–H groups in total. The van der Waals surface area contributed by atoms with Crippen LogP contribution < -0.4 is 4.90 Å². The van der Waals surface area contributed by atoms with E-state index in [9.17, 15) is 4.79 Å². The molecule has 0 unspecified atom stereocenters. The van der Waals surface area contributed by atoms with E-state index in [0.29, 0.717) is 5.56 Å². The largest absolute Gasteiger partial charge is 0.372 e. The molecular weight excluding hydrogens is 216 g/mol. The Morgan fingerprint density at radius 2 is 2.06 bits per heavy atom. The van der Waals surface area contributed by atoms with Crippen molar-refractivity contribution in [2.24, 2.45) is 0 Å². The Morgan fingerprint density at radius 3 is 2.65 bits per heavy atom. The third kappa shape index (κ3) is 2.64. The van der Waals surface area contributed by atoms with Gasteiger partial charge in [0.15, 0.2) is 5.78 Å². The molecule has 4 heteroatoms. The van der Waals surface area contributed by atoms with Gasteiger partial charge in [-0.3, -0.25) is 4.79 Å². The molecule has 1 saturated heterocycles. The van der Waals surface area contributed by atoms with Gasteiger partial charge in [0.2, 0.25) is 0 Å². The zero-order valence-electron chi connectivity index (χ0n) is 10.5. The van der Waals surface area contributed by atoms with Gasteiger partial charge in [-0.2, -0.15) is 0 Å². The Morgan fingerprint density at radius 1 is 1.41 bits per heavy atom. The van der Waals surface area contributed by atoms with Crippen molar-refractivity contribution in [1.29, 1.82) is 0 Å². The van der Waals surface area contributed by atoms with Gasteiger partial charge in [-0.25, -0.2) is 4.98 Å². The highest BCUT2D eigenvalue weighted by molar-refractivity contribution is 5.98. The Hall–Kier alpha value is -1.42. The quantitative estimate of drug-likeness (QED) is 0.733. The lowest BCUT2D eigenvalue weighted by Gasteiger charge is -2.36. The maximum absolute atomic E-state index is 11.6. The van der Waals surface area contributed by atoms with Crippen molar-refractivity contribution in [3.05, 3.63) is 23.9 Å². The molecule has 1 fully saturated rings. The van der Waals surface area contributed by atoms with Gasteiger partial charge < -0.3 is 9.64 Å². The molecule has 1 aliphatic heterocycles. The zero-order valence-corrected chi connectivity index (χ0v) is 10.5. The Labute approximate surface area is 102 Å². The van der Waals surface area contributed by atoms with Crippen LogP contribution >= 0.6 is 0 Å². The lowest BCUT2D eigenvalue weighted by atomic mass is 10.1. The number of morpholine rings is 1. The third-order valence-electron chi connectivity index (χ3n) is 2.89. The maximum Gasteiger partial charge on any atom is 0.163 e. The first kappa shape index (κ1) is 12.0. The number of nitrogens with zero attached hydrogens (tertiary/aromatic N) is 2. The van der Waals surface area contributed by atoms with Gasteiger partial charge in [0.25, 0.3) is 0 Å². The Bertz CT molecular complexity index is 410. The minimum absolute atomic E-state index is 0.0555. The van der Waals surface area contributed by atoms with Crippen LogP contribution in [0, 0.1) is 0 Å². The first-order valence-electron chi connectivity index (χ1n) is 5.94. The van der Waals surface area contributed by atoms with Gasteiger partial charge >= 0.3 is 0 Å². The SMILES string of the molecule is CC(=O)c1cccnc1N1C[C@@H](C)O[C@@H](C)C1. The van der Waals surface area contributed by atoms with Crippen LogP contribution in [0.15, 0.2) is 18.3 Å².